The van der Waals surface area contributed by atoms with Crippen molar-refractivity contribution < 1.29 is 28.2 Å². The van der Waals surface area contributed by atoms with E-state index in [1.54, 1.807) is 12.1 Å². The Hall–Kier alpha value is -1.52. The van der Waals surface area contributed by atoms with Crippen LogP contribution in [0.2, 0.25) is 0 Å². The molecule has 8 nitrogen and oxygen atoms in total. The second-order valence-electron chi connectivity index (χ2n) is 5.47. The third-order valence-corrected chi connectivity index (χ3v) is 4.29. The maximum Gasteiger partial charge on any atom is 0.335 e. The van der Waals surface area contributed by atoms with Gasteiger partial charge in [-0.05, 0) is 17.7 Å². The number of sulfonamides is 1. The van der Waals surface area contributed by atoms with Gasteiger partial charge in [-0.15, -0.1) is 0 Å². The third-order valence-electron chi connectivity index (χ3n) is 3.60. The Morgan fingerprint density at radius 3 is 2.57 bits per heavy atom. The molecule has 2 rings (SSSR count). The van der Waals surface area contributed by atoms with Crippen molar-refractivity contribution in [2.75, 3.05) is 19.4 Å². The lowest BCUT2D eigenvalue weighted by molar-refractivity contribution is 0.0444. The molecule has 1 saturated heterocycles. The van der Waals surface area contributed by atoms with Crippen molar-refractivity contribution in [2.45, 2.75) is 24.8 Å². The Balaban J connectivity index is 1.83. The van der Waals surface area contributed by atoms with Gasteiger partial charge in [0.1, 0.15) is 0 Å². The number of ether oxygens (including phenoxy) is 1. The van der Waals surface area contributed by atoms with Crippen molar-refractivity contribution in [2.24, 2.45) is 0 Å². The number of benzene rings is 1. The summed E-state index contributed by atoms with van der Waals surface area (Å²) < 4.78 is 29.8. The van der Waals surface area contributed by atoms with Crippen LogP contribution in [0.1, 0.15) is 15.9 Å². The Morgan fingerprint density at radius 1 is 1.35 bits per heavy atom. The summed E-state index contributed by atoms with van der Waals surface area (Å²) in [6.07, 6.45) is -0.385. The summed E-state index contributed by atoms with van der Waals surface area (Å²) in [6, 6.07) is 6.10. The van der Waals surface area contributed by atoms with Crippen LogP contribution in [0, 0.1) is 0 Å². The molecule has 3 unspecified atom stereocenters. The molecule has 0 bridgehead atoms. The smallest absolute Gasteiger partial charge is 0.335 e. The number of hydrogen-bond donors (Lipinski definition) is 4. The van der Waals surface area contributed by atoms with Gasteiger partial charge in [0, 0.05) is 13.1 Å². The van der Waals surface area contributed by atoms with Gasteiger partial charge in [-0.25, -0.2) is 17.9 Å². The topological polar surface area (TPSA) is 125 Å². The van der Waals surface area contributed by atoms with Crippen molar-refractivity contribution >= 4 is 16.0 Å². The number of carbonyl (C=O) groups is 1. The highest BCUT2D eigenvalue weighted by atomic mass is 32.2. The van der Waals surface area contributed by atoms with E-state index < -0.39 is 28.2 Å². The standard InChI is InChI=1S/C14H20N2O6S/c1-23(20,21)16-7-12-13(17)11(8-22-12)15-6-9-2-4-10(5-3-9)14(18)19/h2-5,11-13,15-17H,6-8H2,1H3,(H,18,19). The number of aliphatic hydroxyl groups excluding tert-OH is 1. The summed E-state index contributed by atoms with van der Waals surface area (Å²) >= 11 is 0. The number of rotatable bonds is 7. The number of hydrogen-bond acceptors (Lipinski definition) is 6. The molecule has 1 aliphatic rings. The van der Waals surface area contributed by atoms with Gasteiger partial charge in [0.15, 0.2) is 0 Å². The lowest BCUT2D eigenvalue weighted by atomic mass is 10.1. The minimum absolute atomic E-state index is 0.0193. The predicted molar refractivity (Wildman–Crippen MR) is 82.6 cm³/mol. The minimum Gasteiger partial charge on any atom is -0.478 e. The van der Waals surface area contributed by atoms with Gasteiger partial charge in [-0.2, -0.15) is 0 Å². The van der Waals surface area contributed by atoms with Crippen LogP contribution in [-0.2, 0) is 21.3 Å². The zero-order valence-corrected chi connectivity index (χ0v) is 13.4. The second-order valence-corrected chi connectivity index (χ2v) is 7.31. The molecular weight excluding hydrogens is 324 g/mol. The highest BCUT2D eigenvalue weighted by molar-refractivity contribution is 7.88. The van der Waals surface area contributed by atoms with Crippen LogP contribution < -0.4 is 10.0 Å². The Kier molecular flexibility index (Phi) is 5.71. The molecule has 0 saturated carbocycles. The minimum atomic E-state index is -3.33. The van der Waals surface area contributed by atoms with Gasteiger partial charge in [0.2, 0.25) is 10.0 Å². The van der Waals surface area contributed by atoms with Gasteiger partial charge in [-0.1, -0.05) is 12.1 Å². The highest BCUT2D eigenvalue weighted by Crippen LogP contribution is 2.15. The van der Waals surface area contributed by atoms with Gasteiger partial charge < -0.3 is 20.3 Å². The quantitative estimate of drug-likeness (QED) is 0.508. The zero-order chi connectivity index (χ0) is 17.0. The summed E-state index contributed by atoms with van der Waals surface area (Å²) in [5, 5.41) is 22.1. The Morgan fingerprint density at radius 2 is 2.00 bits per heavy atom. The molecule has 0 aromatic heterocycles. The summed E-state index contributed by atoms with van der Waals surface area (Å²) in [7, 11) is -3.33. The van der Waals surface area contributed by atoms with Crippen LogP contribution in [0.4, 0.5) is 0 Å². The fourth-order valence-corrected chi connectivity index (χ4v) is 2.76. The SMILES string of the molecule is CS(=O)(=O)NCC1OCC(NCc2ccc(C(=O)O)cc2)C1O. The maximum atomic E-state index is 11.1. The lowest BCUT2D eigenvalue weighted by Crippen LogP contribution is -2.44. The molecule has 128 valence electrons. The number of carboxylic acids is 1. The van der Waals surface area contributed by atoms with Crippen LogP contribution in [0.15, 0.2) is 24.3 Å². The molecule has 0 aliphatic carbocycles. The normalized spacial score (nSPS) is 24.7. The first-order chi connectivity index (χ1) is 10.8. The zero-order valence-electron chi connectivity index (χ0n) is 12.6. The summed E-state index contributed by atoms with van der Waals surface area (Å²) in [6.45, 7) is 0.729. The van der Waals surface area contributed by atoms with E-state index in [2.05, 4.69) is 10.0 Å². The molecule has 1 heterocycles. The first kappa shape index (κ1) is 17.8. The highest BCUT2D eigenvalue weighted by Gasteiger charge is 2.35. The third kappa shape index (κ3) is 5.26. The maximum absolute atomic E-state index is 11.1. The summed E-state index contributed by atoms with van der Waals surface area (Å²) in [5.41, 5.74) is 1.09. The predicted octanol–water partition coefficient (Wildman–Crippen LogP) is -0.848. The molecule has 1 fully saturated rings. The van der Waals surface area contributed by atoms with Crippen LogP contribution in [0.3, 0.4) is 0 Å². The Bertz CT molecular complexity index is 646. The number of carboxylic acid groups (broad SMARTS) is 1. The molecule has 23 heavy (non-hydrogen) atoms. The molecule has 0 spiro atoms. The van der Waals surface area contributed by atoms with Crippen LogP contribution in [0.5, 0.6) is 0 Å². The molecule has 4 N–H and O–H groups in total. The molecule has 9 heteroatoms. The monoisotopic (exact) mass is 344 g/mol. The summed E-state index contributed by atoms with van der Waals surface area (Å²) in [4.78, 5) is 10.8. The average molecular weight is 344 g/mol. The summed E-state index contributed by atoms with van der Waals surface area (Å²) in [5.74, 6) is -0.981. The van der Waals surface area contributed by atoms with E-state index in [1.165, 1.54) is 12.1 Å². The van der Waals surface area contributed by atoms with E-state index in [1.807, 2.05) is 0 Å². The van der Waals surface area contributed by atoms with Crippen molar-refractivity contribution in [3.8, 4) is 0 Å². The number of nitrogens with one attached hydrogen (secondary N) is 2. The van der Waals surface area contributed by atoms with Crippen LogP contribution in [0.25, 0.3) is 0 Å². The Labute approximate surface area is 134 Å². The first-order valence-corrected chi connectivity index (χ1v) is 8.95. The van der Waals surface area contributed by atoms with Crippen molar-refractivity contribution in [3.63, 3.8) is 0 Å². The second kappa shape index (κ2) is 7.37. The van der Waals surface area contributed by atoms with E-state index in [0.29, 0.717) is 6.54 Å². The van der Waals surface area contributed by atoms with E-state index in [9.17, 15) is 18.3 Å². The van der Waals surface area contributed by atoms with Gasteiger partial charge in [0.25, 0.3) is 0 Å². The van der Waals surface area contributed by atoms with E-state index in [0.717, 1.165) is 11.8 Å². The first-order valence-electron chi connectivity index (χ1n) is 7.06. The molecular formula is C14H20N2O6S. The van der Waals surface area contributed by atoms with Crippen LogP contribution in [-0.4, -0.2) is 62.3 Å². The van der Waals surface area contributed by atoms with E-state index in [4.69, 9.17) is 9.84 Å². The fraction of sp³-hybridized carbons (Fsp3) is 0.500. The largest absolute Gasteiger partial charge is 0.478 e. The molecule has 1 aromatic carbocycles. The molecule has 1 aromatic rings. The van der Waals surface area contributed by atoms with Gasteiger partial charge >= 0.3 is 5.97 Å². The molecule has 1 aliphatic heterocycles. The van der Waals surface area contributed by atoms with Crippen molar-refractivity contribution in [1.82, 2.24) is 10.0 Å². The van der Waals surface area contributed by atoms with Crippen LogP contribution >= 0.6 is 0 Å². The molecule has 0 amide bonds. The number of aromatic carboxylic acids is 1. The average Bonchev–Trinajstić information content (AvgIpc) is 2.83. The number of aliphatic hydroxyl groups is 1. The lowest BCUT2D eigenvalue weighted by Gasteiger charge is -2.18. The van der Waals surface area contributed by atoms with Crippen molar-refractivity contribution in [1.29, 1.82) is 0 Å². The molecule has 3 atom stereocenters. The van der Waals surface area contributed by atoms with Crippen molar-refractivity contribution in [3.05, 3.63) is 35.4 Å². The van der Waals surface area contributed by atoms with E-state index in [-0.39, 0.29) is 24.8 Å². The molecule has 0 radical (unpaired) electrons. The van der Waals surface area contributed by atoms with Gasteiger partial charge in [-0.3, -0.25) is 0 Å². The fourth-order valence-electron chi connectivity index (χ4n) is 2.29. The van der Waals surface area contributed by atoms with E-state index >= 15 is 0 Å². The van der Waals surface area contributed by atoms with Gasteiger partial charge in [0.05, 0.1) is 36.7 Å².